The average Bonchev–Trinajstić information content (AvgIpc) is 2.83. The van der Waals surface area contributed by atoms with Gasteiger partial charge in [0.15, 0.2) is 0 Å². The van der Waals surface area contributed by atoms with Crippen LogP contribution in [0.15, 0.2) is 6.08 Å². The molecule has 2 rings (SSSR count). The van der Waals surface area contributed by atoms with E-state index >= 15 is 0 Å². The summed E-state index contributed by atoms with van der Waals surface area (Å²) in [6, 6.07) is -0.0844. The van der Waals surface area contributed by atoms with E-state index in [-0.39, 0.29) is 11.9 Å². The van der Waals surface area contributed by atoms with Crippen molar-refractivity contribution >= 4 is 23.8 Å². The molecule has 0 atom stereocenters. The summed E-state index contributed by atoms with van der Waals surface area (Å²) in [6.07, 6.45) is 3.33. The van der Waals surface area contributed by atoms with Gasteiger partial charge in [-0.3, -0.25) is 19.1 Å². The van der Waals surface area contributed by atoms with Gasteiger partial charge in [0.25, 0.3) is 0 Å². The summed E-state index contributed by atoms with van der Waals surface area (Å²) in [6.45, 7) is 9.01. The smallest absolute Gasteiger partial charge is 0.312 e. The van der Waals surface area contributed by atoms with Gasteiger partial charge in [-0.25, -0.2) is 0 Å². The first-order valence-electron chi connectivity index (χ1n) is 8.77. The van der Waals surface area contributed by atoms with Crippen molar-refractivity contribution < 1.29 is 14.4 Å². The van der Waals surface area contributed by atoms with Gasteiger partial charge in [0.2, 0.25) is 5.91 Å². The van der Waals surface area contributed by atoms with E-state index in [1.807, 2.05) is 20.9 Å². The second-order valence-corrected chi connectivity index (χ2v) is 6.79. The van der Waals surface area contributed by atoms with Crippen LogP contribution >= 0.6 is 0 Å². The Morgan fingerprint density at radius 2 is 1.65 bits per heavy atom. The standard InChI is InChI=1S/C18H27N5O3/c1-12(2)19-17(25)18(26)23-10-8-22(9-11-23)16(24)7-6-15-13(3)20-21(5)14(15)4/h6-7,12H,8-11H2,1-5H3,(H,19,25)/b7-6+. The topological polar surface area (TPSA) is 87.5 Å². The third-order valence-electron chi connectivity index (χ3n) is 4.45. The average molecular weight is 361 g/mol. The largest absolute Gasteiger partial charge is 0.346 e. The van der Waals surface area contributed by atoms with E-state index in [2.05, 4.69) is 10.4 Å². The minimum Gasteiger partial charge on any atom is -0.346 e. The van der Waals surface area contributed by atoms with Gasteiger partial charge in [0.1, 0.15) is 0 Å². The lowest BCUT2D eigenvalue weighted by atomic mass is 10.2. The number of piperazine rings is 1. The van der Waals surface area contributed by atoms with Crippen LogP contribution in [0.3, 0.4) is 0 Å². The summed E-state index contributed by atoms with van der Waals surface area (Å²) in [7, 11) is 1.87. The fourth-order valence-corrected chi connectivity index (χ4v) is 2.89. The number of hydrogen-bond acceptors (Lipinski definition) is 4. The number of carbonyl (C=O) groups excluding carboxylic acids is 3. The van der Waals surface area contributed by atoms with Crippen LogP contribution in [0, 0.1) is 13.8 Å². The molecule has 0 unspecified atom stereocenters. The number of amides is 3. The van der Waals surface area contributed by atoms with Crippen molar-refractivity contribution in [2.24, 2.45) is 7.05 Å². The van der Waals surface area contributed by atoms with E-state index in [0.717, 1.165) is 17.0 Å². The monoisotopic (exact) mass is 361 g/mol. The van der Waals surface area contributed by atoms with Gasteiger partial charge < -0.3 is 15.1 Å². The summed E-state index contributed by atoms with van der Waals surface area (Å²) in [5.41, 5.74) is 2.82. The Morgan fingerprint density at radius 3 is 2.15 bits per heavy atom. The molecule has 1 aliphatic heterocycles. The van der Waals surface area contributed by atoms with Crippen LogP contribution < -0.4 is 5.32 Å². The zero-order valence-electron chi connectivity index (χ0n) is 16.1. The van der Waals surface area contributed by atoms with Crippen molar-refractivity contribution in [1.29, 1.82) is 0 Å². The molecule has 1 N–H and O–H groups in total. The molecule has 1 aliphatic rings. The highest BCUT2D eigenvalue weighted by molar-refractivity contribution is 6.35. The highest BCUT2D eigenvalue weighted by Gasteiger charge is 2.27. The first kappa shape index (κ1) is 19.7. The molecule has 0 radical (unpaired) electrons. The molecule has 1 aromatic heterocycles. The molecule has 0 saturated carbocycles. The van der Waals surface area contributed by atoms with E-state index in [0.29, 0.717) is 26.2 Å². The molecule has 1 saturated heterocycles. The summed E-state index contributed by atoms with van der Waals surface area (Å²) >= 11 is 0. The molecule has 26 heavy (non-hydrogen) atoms. The van der Waals surface area contributed by atoms with Gasteiger partial charge >= 0.3 is 11.8 Å². The first-order valence-corrected chi connectivity index (χ1v) is 8.77. The van der Waals surface area contributed by atoms with Crippen molar-refractivity contribution in [3.05, 3.63) is 23.0 Å². The second kappa shape index (κ2) is 8.16. The minimum absolute atomic E-state index is 0.0844. The summed E-state index contributed by atoms with van der Waals surface area (Å²) in [5.74, 6) is -1.24. The molecular formula is C18H27N5O3. The van der Waals surface area contributed by atoms with Crippen LogP contribution in [0.5, 0.6) is 0 Å². The molecule has 0 bridgehead atoms. The Labute approximate surface area is 153 Å². The van der Waals surface area contributed by atoms with Crippen LogP contribution in [0.2, 0.25) is 0 Å². The maximum atomic E-state index is 12.4. The van der Waals surface area contributed by atoms with Gasteiger partial charge in [0, 0.05) is 56.6 Å². The molecule has 8 nitrogen and oxygen atoms in total. The number of nitrogens with zero attached hydrogens (tertiary/aromatic N) is 4. The summed E-state index contributed by atoms with van der Waals surface area (Å²) in [5, 5.41) is 6.92. The lowest BCUT2D eigenvalue weighted by Gasteiger charge is -2.33. The minimum atomic E-state index is -0.595. The highest BCUT2D eigenvalue weighted by atomic mass is 16.2. The van der Waals surface area contributed by atoms with Crippen molar-refractivity contribution in [2.45, 2.75) is 33.7 Å². The van der Waals surface area contributed by atoms with Crippen molar-refractivity contribution in [1.82, 2.24) is 24.9 Å². The molecular weight excluding hydrogens is 334 g/mol. The summed E-state index contributed by atoms with van der Waals surface area (Å²) < 4.78 is 1.78. The van der Waals surface area contributed by atoms with Gasteiger partial charge in [-0.2, -0.15) is 5.10 Å². The number of aryl methyl sites for hydroxylation is 2. The summed E-state index contributed by atoms with van der Waals surface area (Å²) in [4.78, 5) is 39.4. The van der Waals surface area contributed by atoms with Crippen LogP contribution in [0.4, 0.5) is 0 Å². The Balaban J connectivity index is 1.91. The molecule has 3 amide bonds. The lowest BCUT2D eigenvalue weighted by Crippen LogP contribution is -2.54. The molecule has 2 heterocycles. The van der Waals surface area contributed by atoms with Crippen molar-refractivity contribution in [3.63, 3.8) is 0 Å². The molecule has 0 aliphatic carbocycles. The van der Waals surface area contributed by atoms with Crippen LogP contribution in [0.25, 0.3) is 6.08 Å². The molecule has 1 fully saturated rings. The maximum Gasteiger partial charge on any atom is 0.312 e. The quantitative estimate of drug-likeness (QED) is 0.617. The fraction of sp³-hybridized carbons (Fsp3) is 0.556. The Kier molecular flexibility index (Phi) is 6.18. The third-order valence-corrected chi connectivity index (χ3v) is 4.45. The van der Waals surface area contributed by atoms with Gasteiger partial charge in [-0.1, -0.05) is 0 Å². The SMILES string of the molecule is Cc1nn(C)c(C)c1/C=C/C(=O)N1CCN(C(=O)C(=O)NC(C)C)CC1. The molecule has 0 spiro atoms. The highest BCUT2D eigenvalue weighted by Crippen LogP contribution is 2.14. The first-order chi connectivity index (χ1) is 12.2. The number of rotatable bonds is 3. The van der Waals surface area contributed by atoms with E-state index in [1.54, 1.807) is 35.6 Å². The molecule has 0 aromatic carbocycles. The second-order valence-electron chi connectivity index (χ2n) is 6.79. The zero-order chi connectivity index (χ0) is 19.4. The lowest BCUT2D eigenvalue weighted by molar-refractivity contribution is -0.148. The molecule has 1 aromatic rings. The Bertz CT molecular complexity index is 727. The van der Waals surface area contributed by atoms with Crippen molar-refractivity contribution in [3.8, 4) is 0 Å². The van der Waals surface area contributed by atoms with Gasteiger partial charge in [-0.15, -0.1) is 0 Å². The number of nitrogens with one attached hydrogen (secondary N) is 1. The van der Waals surface area contributed by atoms with E-state index in [1.165, 1.54) is 4.90 Å². The van der Waals surface area contributed by atoms with Crippen LogP contribution in [-0.4, -0.2) is 69.5 Å². The van der Waals surface area contributed by atoms with E-state index in [9.17, 15) is 14.4 Å². The normalized spacial score (nSPS) is 15.0. The number of carbonyl (C=O) groups is 3. The van der Waals surface area contributed by atoms with Gasteiger partial charge in [0.05, 0.1) is 5.69 Å². The predicted molar refractivity (Wildman–Crippen MR) is 98.2 cm³/mol. The van der Waals surface area contributed by atoms with E-state index in [4.69, 9.17) is 0 Å². The molecule has 8 heteroatoms. The zero-order valence-corrected chi connectivity index (χ0v) is 16.1. The number of hydrogen-bond donors (Lipinski definition) is 1. The number of aromatic nitrogens is 2. The van der Waals surface area contributed by atoms with Gasteiger partial charge in [-0.05, 0) is 33.8 Å². The predicted octanol–water partition coefficient (Wildman–Crippen LogP) is 0.246. The molecule has 142 valence electrons. The maximum absolute atomic E-state index is 12.4. The van der Waals surface area contributed by atoms with Crippen LogP contribution in [-0.2, 0) is 21.4 Å². The Hall–Kier alpha value is -2.64. The Morgan fingerprint density at radius 1 is 1.08 bits per heavy atom. The van der Waals surface area contributed by atoms with Crippen LogP contribution in [0.1, 0.15) is 30.8 Å². The fourth-order valence-electron chi connectivity index (χ4n) is 2.89. The third kappa shape index (κ3) is 4.50. The van der Waals surface area contributed by atoms with Crippen molar-refractivity contribution in [2.75, 3.05) is 26.2 Å². The van der Waals surface area contributed by atoms with E-state index < -0.39 is 11.8 Å².